The van der Waals surface area contributed by atoms with E-state index in [0.717, 1.165) is 4.90 Å². The molecule has 0 aromatic rings. The molecular weight excluding hydrogens is 246 g/mol. The number of hydrogen-bond donors (Lipinski definition) is 4. The fourth-order valence-electron chi connectivity index (χ4n) is 1.87. The Morgan fingerprint density at radius 1 is 1.39 bits per heavy atom. The summed E-state index contributed by atoms with van der Waals surface area (Å²) in [5, 5.41) is 28.2. The van der Waals surface area contributed by atoms with Gasteiger partial charge in [-0.25, -0.2) is 4.79 Å². The van der Waals surface area contributed by atoms with Gasteiger partial charge < -0.3 is 25.8 Å². The lowest BCUT2D eigenvalue weighted by atomic mass is 10.1. The van der Waals surface area contributed by atoms with E-state index in [-0.39, 0.29) is 6.54 Å². The van der Waals surface area contributed by atoms with Crippen LogP contribution in [0.3, 0.4) is 0 Å². The lowest BCUT2D eigenvalue weighted by Gasteiger charge is -2.30. The van der Waals surface area contributed by atoms with E-state index in [2.05, 4.69) is 4.99 Å². The topological polar surface area (TPSA) is 146 Å². The number of aliphatic hydroxyl groups is 3. The third-order valence-electron chi connectivity index (χ3n) is 2.89. The average Bonchev–Trinajstić information content (AvgIpc) is 2.61. The van der Waals surface area contributed by atoms with Crippen LogP contribution >= 0.6 is 0 Å². The van der Waals surface area contributed by atoms with Gasteiger partial charge in [0.05, 0.1) is 13.2 Å². The Morgan fingerprint density at radius 3 is 2.61 bits per heavy atom. The van der Waals surface area contributed by atoms with Crippen LogP contribution in [0, 0.1) is 0 Å². The first-order chi connectivity index (χ1) is 8.45. The van der Waals surface area contributed by atoms with Crippen LogP contribution in [-0.2, 0) is 9.53 Å². The Labute approximate surface area is 101 Å². The van der Waals surface area contributed by atoms with Gasteiger partial charge in [0.15, 0.2) is 12.1 Å². The van der Waals surface area contributed by atoms with Crippen molar-refractivity contribution in [2.45, 2.75) is 24.5 Å². The number of nitrogens with zero attached hydrogens (tertiary/aromatic N) is 2. The molecule has 2 aliphatic rings. The molecule has 2 amide bonds. The lowest BCUT2D eigenvalue weighted by Crippen LogP contribution is -2.53. The van der Waals surface area contributed by atoms with Gasteiger partial charge in [-0.05, 0) is 0 Å². The van der Waals surface area contributed by atoms with E-state index in [1.807, 2.05) is 0 Å². The zero-order valence-corrected chi connectivity index (χ0v) is 9.26. The number of amides is 2. The molecule has 2 rings (SSSR count). The van der Waals surface area contributed by atoms with E-state index < -0.39 is 48.8 Å². The van der Waals surface area contributed by atoms with Crippen molar-refractivity contribution in [3.8, 4) is 0 Å². The summed E-state index contributed by atoms with van der Waals surface area (Å²) in [4.78, 5) is 27.1. The molecule has 18 heavy (non-hydrogen) atoms. The fourth-order valence-corrected chi connectivity index (χ4v) is 1.87. The van der Waals surface area contributed by atoms with E-state index in [9.17, 15) is 19.8 Å². The van der Waals surface area contributed by atoms with Crippen LogP contribution in [0.5, 0.6) is 0 Å². The highest BCUT2D eigenvalue weighted by atomic mass is 16.6. The second-order valence-corrected chi connectivity index (χ2v) is 4.06. The smallest absolute Gasteiger partial charge is 0.348 e. The van der Waals surface area contributed by atoms with Gasteiger partial charge in [-0.2, -0.15) is 4.99 Å². The molecule has 2 unspecified atom stereocenters. The second kappa shape index (κ2) is 4.61. The van der Waals surface area contributed by atoms with E-state index in [1.54, 1.807) is 0 Å². The molecule has 4 atom stereocenters. The molecular formula is C9H13N3O6. The Balaban J connectivity index is 2.18. The predicted octanol–water partition coefficient (Wildman–Crippen LogP) is -3.21. The SMILES string of the molecule is NC1=NC(=O)N([C@@H]2O[C@H](CO)C(O)C2O)CC1=O. The molecule has 9 heteroatoms. The minimum Gasteiger partial charge on any atom is -0.394 e. The van der Waals surface area contributed by atoms with Gasteiger partial charge in [0.1, 0.15) is 18.3 Å². The number of nitrogens with two attached hydrogens (primary N) is 1. The Bertz CT molecular complexity index is 411. The van der Waals surface area contributed by atoms with Crippen molar-refractivity contribution in [1.82, 2.24) is 4.90 Å². The molecule has 0 bridgehead atoms. The number of aliphatic hydroxyl groups excluding tert-OH is 3. The third-order valence-corrected chi connectivity index (χ3v) is 2.89. The Hall–Kier alpha value is -1.55. The van der Waals surface area contributed by atoms with Gasteiger partial charge in [-0.15, -0.1) is 0 Å². The molecule has 0 radical (unpaired) electrons. The fraction of sp³-hybridized carbons (Fsp3) is 0.667. The van der Waals surface area contributed by atoms with Crippen molar-refractivity contribution in [3.63, 3.8) is 0 Å². The number of amidine groups is 1. The zero-order valence-electron chi connectivity index (χ0n) is 9.26. The number of urea groups is 1. The van der Waals surface area contributed by atoms with E-state index in [0.29, 0.717) is 0 Å². The number of ketones is 1. The quantitative estimate of drug-likeness (QED) is 0.408. The minimum atomic E-state index is -1.42. The number of hydrogen-bond acceptors (Lipinski definition) is 7. The number of ether oxygens (including phenoxy) is 1. The molecule has 0 aromatic heterocycles. The predicted molar refractivity (Wildman–Crippen MR) is 56.5 cm³/mol. The van der Waals surface area contributed by atoms with Crippen molar-refractivity contribution < 1.29 is 29.6 Å². The second-order valence-electron chi connectivity index (χ2n) is 4.06. The maximum absolute atomic E-state index is 11.6. The normalized spacial score (nSPS) is 37.1. The van der Waals surface area contributed by atoms with Crippen LogP contribution < -0.4 is 5.73 Å². The van der Waals surface area contributed by atoms with Crippen LogP contribution in [0.2, 0.25) is 0 Å². The summed E-state index contributed by atoms with van der Waals surface area (Å²) in [6, 6.07) is -0.832. The third kappa shape index (κ3) is 1.97. The molecule has 0 spiro atoms. The standard InChI is InChI=1S/C9H13N3O6/c10-7-3(14)1-12(9(17)11-7)8-6(16)5(15)4(2-13)18-8/h4-6,8,13,15-16H,1-2H2,(H2,10,11,17)/t4-,5?,6?,8-/m1/s1. The summed E-state index contributed by atoms with van der Waals surface area (Å²) in [5.74, 6) is -0.977. The summed E-state index contributed by atoms with van der Waals surface area (Å²) in [6.45, 7) is -0.906. The van der Waals surface area contributed by atoms with Gasteiger partial charge in [0, 0.05) is 0 Å². The van der Waals surface area contributed by atoms with Gasteiger partial charge in [0.25, 0.3) is 0 Å². The molecule has 100 valence electrons. The number of aliphatic imine (C=N–C) groups is 1. The Morgan fingerprint density at radius 2 is 2.06 bits per heavy atom. The molecule has 5 N–H and O–H groups in total. The summed E-state index contributed by atoms with van der Waals surface area (Å²) in [5.41, 5.74) is 5.21. The molecule has 0 aliphatic carbocycles. The van der Waals surface area contributed by atoms with E-state index >= 15 is 0 Å². The molecule has 0 aromatic carbocycles. The van der Waals surface area contributed by atoms with Crippen LogP contribution in [0.4, 0.5) is 4.79 Å². The van der Waals surface area contributed by atoms with Gasteiger partial charge in [-0.1, -0.05) is 0 Å². The highest BCUT2D eigenvalue weighted by Gasteiger charge is 2.48. The van der Waals surface area contributed by atoms with Crippen molar-refractivity contribution in [3.05, 3.63) is 0 Å². The number of Topliss-reactive ketones (excluding diaryl/α,β-unsaturated/α-hetero) is 1. The van der Waals surface area contributed by atoms with Crippen LogP contribution in [0.15, 0.2) is 4.99 Å². The molecule has 2 heterocycles. The largest absolute Gasteiger partial charge is 0.394 e. The van der Waals surface area contributed by atoms with Gasteiger partial charge >= 0.3 is 6.03 Å². The van der Waals surface area contributed by atoms with E-state index in [4.69, 9.17) is 15.6 Å². The zero-order chi connectivity index (χ0) is 13.4. The van der Waals surface area contributed by atoms with E-state index in [1.165, 1.54) is 0 Å². The van der Waals surface area contributed by atoms with Crippen molar-refractivity contribution >= 4 is 17.6 Å². The first-order valence-corrected chi connectivity index (χ1v) is 5.26. The van der Waals surface area contributed by atoms with Crippen molar-refractivity contribution in [1.29, 1.82) is 0 Å². The summed E-state index contributed by atoms with van der Waals surface area (Å²) < 4.78 is 5.12. The minimum absolute atomic E-state index is 0.388. The number of carbonyl (C=O) groups excluding carboxylic acids is 2. The number of rotatable bonds is 2. The molecule has 2 aliphatic heterocycles. The first kappa shape index (κ1) is 12.9. The molecule has 1 saturated heterocycles. The average molecular weight is 259 g/mol. The van der Waals surface area contributed by atoms with Gasteiger partial charge in [-0.3, -0.25) is 9.69 Å². The summed E-state index contributed by atoms with van der Waals surface area (Å²) in [7, 11) is 0. The van der Waals surface area contributed by atoms with Crippen molar-refractivity contribution in [2.24, 2.45) is 10.7 Å². The van der Waals surface area contributed by atoms with Gasteiger partial charge in [0.2, 0.25) is 5.78 Å². The maximum Gasteiger partial charge on any atom is 0.348 e. The maximum atomic E-state index is 11.6. The highest BCUT2D eigenvalue weighted by molar-refractivity contribution is 6.41. The first-order valence-electron chi connectivity index (χ1n) is 5.26. The Kier molecular flexibility index (Phi) is 3.30. The van der Waals surface area contributed by atoms with Crippen LogP contribution in [0.1, 0.15) is 0 Å². The van der Waals surface area contributed by atoms with Crippen LogP contribution in [0.25, 0.3) is 0 Å². The summed E-state index contributed by atoms with van der Waals surface area (Å²) >= 11 is 0. The monoisotopic (exact) mass is 259 g/mol. The molecule has 0 saturated carbocycles. The lowest BCUT2D eigenvalue weighted by molar-refractivity contribution is -0.120. The molecule has 9 nitrogen and oxygen atoms in total. The molecule has 1 fully saturated rings. The van der Waals surface area contributed by atoms with Crippen molar-refractivity contribution in [2.75, 3.05) is 13.2 Å². The van der Waals surface area contributed by atoms with Crippen LogP contribution in [-0.4, -0.2) is 75.6 Å². The number of carbonyl (C=O) groups is 2. The highest BCUT2D eigenvalue weighted by Crippen LogP contribution is 2.25. The summed E-state index contributed by atoms with van der Waals surface area (Å²) in [6.07, 6.45) is -5.01.